The number of H-pyrrole nitrogens is 1. The highest BCUT2D eigenvalue weighted by Gasteiger charge is 2.23. The van der Waals surface area contributed by atoms with Crippen LogP contribution >= 0.6 is 0 Å². The molecule has 7 nitrogen and oxygen atoms in total. The summed E-state index contributed by atoms with van der Waals surface area (Å²) >= 11 is 0. The van der Waals surface area contributed by atoms with Crippen molar-refractivity contribution in [2.45, 2.75) is 31.6 Å². The molecule has 2 heterocycles. The fraction of sp³-hybridized carbons (Fsp3) is 0.286. The van der Waals surface area contributed by atoms with Gasteiger partial charge in [0.25, 0.3) is 0 Å². The van der Waals surface area contributed by atoms with Crippen molar-refractivity contribution in [3.63, 3.8) is 0 Å². The van der Waals surface area contributed by atoms with Crippen LogP contribution in [0.5, 0.6) is 5.75 Å². The summed E-state index contributed by atoms with van der Waals surface area (Å²) in [7, 11) is 1.51. The number of methoxy groups -OCH3 is 1. The molecule has 2 aromatic heterocycles. The minimum Gasteiger partial charge on any atom is -0.497 e. The summed E-state index contributed by atoms with van der Waals surface area (Å²) in [4.78, 5) is 8.64. The lowest BCUT2D eigenvalue weighted by Gasteiger charge is -2.16. The highest BCUT2D eigenvalue weighted by atomic mass is 19.1. The van der Waals surface area contributed by atoms with Crippen LogP contribution < -0.4 is 4.74 Å². The molecule has 29 heavy (non-hydrogen) atoms. The second-order valence-corrected chi connectivity index (χ2v) is 7.24. The van der Waals surface area contributed by atoms with Gasteiger partial charge in [-0.05, 0) is 35.6 Å². The number of hydrogen-bond donors (Lipinski definition) is 1. The molecule has 0 saturated heterocycles. The fourth-order valence-electron chi connectivity index (χ4n) is 4.22. The molecule has 0 unspecified atom stereocenters. The van der Waals surface area contributed by atoms with Gasteiger partial charge in [-0.3, -0.25) is 0 Å². The molecular formula is C21H19FN6O. The first-order chi connectivity index (χ1) is 14.2. The van der Waals surface area contributed by atoms with E-state index in [9.17, 15) is 4.39 Å². The van der Waals surface area contributed by atoms with Crippen LogP contribution in [0, 0.1) is 5.82 Å². The fourth-order valence-corrected chi connectivity index (χ4v) is 4.22. The van der Waals surface area contributed by atoms with E-state index < -0.39 is 5.82 Å². The van der Waals surface area contributed by atoms with Crippen LogP contribution in [0.4, 0.5) is 4.39 Å². The van der Waals surface area contributed by atoms with E-state index in [2.05, 4.69) is 36.7 Å². The van der Waals surface area contributed by atoms with Gasteiger partial charge in [0.15, 0.2) is 0 Å². The topological polar surface area (TPSA) is 89.5 Å². The number of aromatic nitrogens is 6. The summed E-state index contributed by atoms with van der Waals surface area (Å²) in [6.45, 7) is 0. The summed E-state index contributed by atoms with van der Waals surface area (Å²) in [6.07, 6.45) is 6.09. The number of benzene rings is 2. The Kier molecular flexibility index (Phi) is 4.38. The monoisotopic (exact) mass is 390 g/mol. The van der Waals surface area contributed by atoms with Crippen LogP contribution in [0.3, 0.4) is 0 Å². The van der Waals surface area contributed by atoms with Gasteiger partial charge in [0.1, 0.15) is 17.9 Å². The van der Waals surface area contributed by atoms with Gasteiger partial charge >= 0.3 is 0 Å². The van der Waals surface area contributed by atoms with Crippen molar-refractivity contribution in [2.75, 3.05) is 7.11 Å². The Hall–Kier alpha value is -3.42. The van der Waals surface area contributed by atoms with Gasteiger partial charge < -0.3 is 4.74 Å². The Bertz CT molecular complexity index is 1170. The van der Waals surface area contributed by atoms with Gasteiger partial charge in [0.2, 0.25) is 5.82 Å². The van der Waals surface area contributed by atoms with Gasteiger partial charge in [0, 0.05) is 23.3 Å². The predicted octanol–water partition coefficient (Wildman–Crippen LogP) is 4.28. The van der Waals surface area contributed by atoms with Crippen molar-refractivity contribution in [1.82, 2.24) is 30.6 Å². The summed E-state index contributed by atoms with van der Waals surface area (Å²) < 4.78 is 20.1. The largest absolute Gasteiger partial charge is 0.497 e. The maximum absolute atomic E-state index is 14.9. The lowest BCUT2D eigenvalue weighted by molar-refractivity contribution is 0.412. The second kappa shape index (κ2) is 7.20. The first-order valence-electron chi connectivity index (χ1n) is 9.61. The summed E-state index contributed by atoms with van der Waals surface area (Å²) in [6, 6.07) is 9.07. The molecule has 1 aliphatic carbocycles. The summed E-state index contributed by atoms with van der Waals surface area (Å²) in [5.41, 5.74) is 4.03. The van der Waals surface area contributed by atoms with E-state index in [1.807, 2.05) is 12.1 Å². The first kappa shape index (κ1) is 17.7. The number of nitrogens with one attached hydrogen (secondary N) is 1. The number of hydrogen-bond acceptors (Lipinski definition) is 6. The molecule has 1 aliphatic rings. The van der Waals surface area contributed by atoms with Crippen LogP contribution in [0.1, 0.15) is 37.2 Å². The van der Waals surface area contributed by atoms with Crippen LogP contribution in [-0.4, -0.2) is 37.7 Å². The average Bonchev–Trinajstić information content (AvgIpc) is 3.47. The number of rotatable bonds is 4. The van der Waals surface area contributed by atoms with Crippen molar-refractivity contribution >= 4 is 10.9 Å². The Morgan fingerprint density at radius 2 is 1.97 bits per heavy atom. The molecule has 8 heteroatoms. The Labute approximate surface area is 166 Å². The lowest BCUT2D eigenvalue weighted by Crippen LogP contribution is -2.00. The average molecular weight is 390 g/mol. The Balaban J connectivity index is 1.70. The van der Waals surface area contributed by atoms with Crippen molar-refractivity contribution in [3.8, 4) is 28.4 Å². The molecule has 1 saturated carbocycles. The minimum absolute atomic E-state index is 0.387. The van der Waals surface area contributed by atoms with E-state index >= 15 is 0 Å². The van der Waals surface area contributed by atoms with Gasteiger partial charge in [0.05, 0.1) is 23.7 Å². The van der Waals surface area contributed by atoms with Crippen molar-refractivity contribution in [1.29, 1.82) is 0 Å². The zero-order chi connectivity index (χ0) is 19.8. The van der Waals surface area contributed by atoms with E-state index in [4.69, 9.17) is 4.74 Å². The molecule has 0 aliphatic heterocycles. The molecule has 0 atom stereocenters. The van der Waals surface area contributed by atoms with Crippen molar-refractivity contribution in [3.05, 3.63) is 48.0 Å². The number of aromatic amines is 1. The molecule has 0 bridgehead atoms. The maximum Gasteiger partial charge on any atom is 0.204 e. The third-order valence-electron chi connectivity index (χ3n) is 5.61. The van der Waals surface area contributed by atoms with Crippen molar-refractivity contribution < 1.29 is 9.13 Å². The molecule has 5 rings (SSSR count). The molecule has 146 valence electrons. The standard InChI is InChI=1S/C21H19FN6O/c1-29-14-9-17(22)19-18(10-14)23-11-24-20(19)13-6-7-15(21-25-27-28-26-21)16(8-13)12-4-2-3-5-12/h6-12H,2-5H2,1H3,(H,25,26,27,28). The van der Waals surface area contributed by atoms with Crippen LogP contribution in [0.25, 0.3) is 33.5 Å². The maximum atomic E-state index is 14.9. The lowest BCUT2D eigenvalue weighted by atomic mass is 9.89. The normalized spacial score (nSPS) is 14.6. The summed E-state index contributed by atoms with van der Waals surface area (Å²) in [5.74, 6) is 1.02. The highest BCUT2D eigenvalue weighted by Crippen LogP contribution is 2.41. The molecule has 0 spiro atoms. The van der Waals surface area contributed by atoms with Gasteiger partial charge in [-0.2, -0.15) is 5.21 Å². The van der Waals surface area contributed by atoms with E-state index in [1.54, 1.807) is 6.07 Å². The highest BCUT2D eigenvalue weighted by molar-refractivity contribution is 5.93. The quantitative estimate of drug-likeness (QED) is 0.559. The first-order valence-corrected chi connectivity index (χ1v) is 9.61. The molecule has 1 fully saturated rings. The third-order valence-corrected chi connectivity index (χ3v) is 5.61. The van der Waals surface area contributed by atoms with Crippen LogP contribution in [0.2, 0.25) is 0 Å². The molecule has 0 amide bonds. The van der Waals surface area contributed by atoms with Gasteiger partial charge in [-0.15, -0.1) is 10.2 Å². The van der Waals surface area contributed by atoms with Crippen LogP contribution in [-0.2, 0) is 0 Å². The number of halogens is 1. The molecule has 0 radical (unpaired) electrons. The Morgan fingerprint density at radius 3 is 2.72 bits per heavy atom. The number of ether oxygens (including phenoxy) is 1. The third kappa shape index (κ3) is 3.10. The Morgan fingerprint density at radius 1 is 1.10 bits per heavy atom. The predicted molar refractivity (Wildman–Crippen MR) is 106 cm³/mol. The summed E-state index contributed by atoms with van der Waals surface area (Å²) in [5, 5.41) is 14.9. The zero-order valence-corrected chi connectivity index (χ0v) is 15.9. The van der Waals surface area contributed by atoms with E-state index in [0.717, 1.165) is 29.5 Å². The SMILES string of the molecule is COc1cc(F)c2c(-c3ccc(-c4nn[nH]n4)c(C4CCCC4)c3)ncnc2c1. The molecular weight excluding hydrogens is 371 g/mol. The number of fused-ring (bicyclic) bond motifs is 1. The van der Waals surface area contributed by atoms with Crippen LogP contribution in [0.15, 0.2) is 36.7 Å². The molecule has 1 N–H and O–H groups in total. The molecule has 2 aromatic carbocycles. The van der Waals surface area contributed by atoms with E-state index in [0.29, 0.717) is 34.1 Å². The number of nitrogens with zero attached hydrogens (tertiary/aromatic N) is 5. The minimum atomic E-state index is -0.403. The van der Waals surface area contributed by atoms with Crippen molar-refractivity contribution in [2.24, 2.45) is 0 Å². The van der Waals surface area contributed by atoms with E-state index in [-0.39, 0.29) is 0 Å². The zero-order valence-electron chi connectivity index (χ0n) is 15.9. The van der Waals surface area contributed by atoms with Gasteiger partial charge in [-0.1, -0.05) is 25.0 Å². The second-order valence-electron chi connectivity index (χ2n) is 7.24. The van der Waals surface area contributed by atoms with Gasteiger partial charge in [-0.25, -0.2) is 14.4 Å². The molecule has 4 aromatic rings. The smallest absolute Gasteiger partial charge is 0.204 e. The number of tetrazole rings is 1. The van der Waals surface area contributed by atoms with E-state index in [1.165, 1.54) is 32.3 Å².